The van der Waals surface area contributed by atoms with Crippen molar-refractivity contribution >= 4 is 0 Å². The predicted octanol–water partition coefficient (Wildman–Crippen LogP) is 3.98. The third-order valence-electron chi connectivity index (χ3n) is 3.14. The lowest BCUT2D eigenvalue weighted by molar-refractivity contribution is 0.301. The van der Waals surface area contributed by atoms with Crippen molar-refractivity contribution in [3.63, 3.8) is 0 Å². The minimum absolute atomic E-state index is 0.544. The fourth-order valence-corrected chi connectivity index (χ4v) is 2.21. The number of aryl methyl sites for hydroxylation is 2. The van der Waals surface area contributed by atoms with Gasteiger partial charge < -0.3 is 14.5 Å². The summed E-state index contributed by atoms with van der Waals surface area (Å²) < 4.78 is 11.4. The summed E-state index contributed by atoms with van der Waals surface area (Å²) in [5.74, 6) is 1.87. The van der Waals surface area contributed by atoms with Gasteiger partial charge in [-0.2, -0.15) is 0 Å². The summed E-state index contributed by atoms with van der Waals surface area (Å²) in [4.78, 5) is 0. The van der Waals surface area contributed by atoms with Gasteiger partial charge in [0.1, 0.15) is 18.1 Å². The van der Waals surface area contributed by atoms with E-state index in [2.05, 4.69) is 44.3 Å². The summed E-state index contributed by atoms with van der Waals surface area (Å²) in [5.41, 5.74) is 3.54. The summed E-state index contributed by atoms with van der Waals surface area (Å²) in [7, 11) is 0. The van der Waals surface area contributed by atoms with Crippen LogP contribution >= 0.6 is 0 Å². The highest BCUT2D eigenvalue weighted by Crippen LogP contribution is 2.19. The van der Waals surface area contributed by atoms with Crippen molar-refractivity contribution in [2.24, 2.45) is 0 Å². The van der Waals surface area contributed by atoms with Gasteiger partial charge in [0, 0.05) is 5.56 Å². The molecule has 3 nitrogen and oxygen atoms in total. The van der Waals surface area contributed by atoms with E-state index in [4.69, 9.17) is 9.15 Å². The quantitative estimate of drug-likeness (QED) is 0.775. The Kier molecular flexibility index (Phi) is 5.24. The highest BCUT2D eigenvalue weighted by Gasteiger charge is 2.07. The number of benzene rings is 1. The molecule has 0 aliphatic rings. The molecule has 0 amide bonds. The largest absolute Gasteiger partial charge is 0.489 e. The molecular weight excluding hydrogens is 250 g/mol. The third-order valence-corrected chi connectivity index (χ3v) is 3.14. The van der Waals surface area contributed by atoms with Gasteiger partial charge in [-0.25, -0.2) is 0 Å². The van der Waals surface area contributed by atoms with Crippen molar-refractivity contribution in [1.29, 1.82) is 0 Å². The normalized spacial score (nSPS) is 10.8. The van der Waals surface area contributed by atoms with Gasteiger partial charge in [-0.05, 0) is 56.1 Å². The minimum Gasteiger partial charge on any atom is -0.489 e. The lowest BCUT2D eigenvalue weighted by Crippen LogP contribution is -2.14. The average Bonchev–Trinajstić information content (AvgIpc) is 2.83. The molecule has 0 saturated heterocycles. The number of nitrogens with one attached hydrogen (secondary N) is 1. The van der Waals surface area contributed by atoms with Crippen molar-refractivity contribution in [3.05, 3.63) is 53.0 Å². The van der Waals surface area contributed by atoms with Gasteiger partial charge in [0.2, 0.25) is 0 Å². The molecule has 2 rings (SSSR count). The third kappa shape index (κ3) is 4.14. The van der Waals surface area contributed by atoms with Gasteiger partial charge in [-0.1, -0.05) is 13.0 Å². The second-order valence-electron chi connectivity index (χ2n) is 5.16. The Morgan fingerprint density at radius 1 is 1.15 bits per heavy atom. The second-order valence-corrected chi connectivity index (χ2v) is 5.16. The Balaban J connectivity index is 1.95. The Hall–Kier alpha value is -1.74. The SMILES string of the molecule is CCCNCc1occc1COc1cc(C)cc(C)c1. The van der Waals surface area contributed by atoms with Crippen LogP contribution in [0.2, 0.25) is 0 Å². The van der Waals surface area contributed by atoms with Crippen LogP contribution < -0.4 is 10.1 Å². The molecule has 0 saturated carbocycles. The number of hydrogen-bond donors (Lipinski definition) is 1. The summed E-state index contributed by atoms with van der Waals surface area (Å²) in [6.07, 6.45) is 2.85. The average molecular weight is 273 g/mol. The van der Waals surface area contributed by atoms with Crippen LogP contribution in [0, 0.1) is 13.8 Å². The minimum atomic E-state index is 0.544. The molecule has 1 aromatic heterocycles. The monoisotopic (exact) mass is 273 g/mol. The van der Waals surface area contributed by atoms with E-state index in [1.165, 1.54) is 11.1 Å². The Labute approximate surface area is 121 Å². The fourth-order valence-electron chi connectivity index (χ4n) is 2.21. The standard InChI is InChI=1S/C17H23NO2/c1-4-6-18-11-17-15(5-7-19-17)12-20-16-9-13(2)8-14(3)10-16/h5,7-10,18H,4,6,11-12H2,1-3H3. The van der Waals surface area contributed by atoms with Crippen molar-refractivity contribution in [1.82, 2.24) is 5.32 Å². The van der Waals surface area contributed by atoms with Crippen molar-refractivity contribution in [2.45, 2.75) is 40.3 Å². The smallest absolute Gasteiger partial charge is 0.124 e. The maximum absolute atomic E-state index is 5.87. The summed E-state index contributed by atoms with van der Waals surface area (Å²) in [6.45, 7) is 8.61. The molecule has 1 N–H and O–H groups in total. The van der Waals surface area contributed by atoms with Crippen LogP contribution in [-0.2, 0) is 13.2 Å². The van der Waals surface area contributed by atoms with Crippen molar-refractivity contribution < 1.29 is 9.15 Å². The van der Waals surface area contributed by atoms with E-state index in [-0.39, 0.29) is 0 Å². The first-order valence-electron chi connectivity index (χ1n) is 7.16. The Bertz CT molecular complexity index is 525. The van der Waals surface area contributed by atoms with Crippen LogP contribution in [0.25, 0.3) is 0 Å². The zero-order chi connectivity index (χ0) is 14.4. The number of furan rings is 1. The van der Waals surface area contributed by atoms with Gasteiger partial charge >= 0.3 is 0 Å². The maximum Gasteiger partial charge on any atom is 0.124 e. The van der Waals surface area contributed by atoms with E-state index < -0.39 is 0 Å². The molecule has 0 bridgehead atoms. The zero-order valence-corrected chi connectivity index (χ0v) is 12.5. The summed E-state index contributed by atoms with van der Waals surface area (Å²) in [5, 5.41) is 3.34. The zero-order valence-electron chi connectivity index (χ0n) is 12.5. The van der Waals surface area contributed by atoms with E-state index in [0.717, 1.165) is 36.6 Å². The number of rotatable bonds is 7. The Morgan fingerprint density at radius 2 is 1.90 bits per heavy atom. The lowest BCUT2D eigenvalue weighted by Gasteiger charge is -2.09. The van der Waals surface area contributed by atoms with Crippen LogP contribution in [0.1, 0.15) is 35.8 Å². The van der Waals surface area contributed by atoms with Crippen molar-refractivity contribution in [2.75, 3.05) is 6.54 Å². The van der Waals surface area contributed by atoms with Gasteiger partial charge in [0.25, 0.3) is 0 Å². The highest BCUT2D eigenvalue weighted by molar-refractivity contribution is 5.33. The van der Waals surface area contributed by atoms with Gasteiger partial charge in [-0.15, -0.1) is 0 Å². The van der Waals surface area contributed by atoms with Gasteiger partial charge in [0.05, 0.1) is 12.8 Å². The molecule has 108 valence electrons. The number of hydrogen-bond acceptors (Lipinski definition) is 3. The fraction of sp³-hybridized carbons (Fsp3) is 0.412. The van der Waals surface area contributed by atoms with Crippen LogP contribution in [0.15, 0.2) is 34.9 Å². The molecule has 2 aromatic rings. The van der Waals surface area contributed by atoms with E-state index in [1.54, 1.807) is 6.26 Å². The van der Waals surface area contributed by atoms with Gasteiger partial charge in [-0.3, -0.25) is 0 Å². The summed E-state index contributed by atoms with van der Waals surface area (Å²) in [6, 6.07) is 8.24. The molecule has 1 aromatic carbocycles. The first kappa shape index (κ1) is 14.7. The Morgan fingerprint density at radius 3 is 2.60 bits per heavy atom. The van der Waals surface area contributed by atoms with Crippen LogP contribution in [-0.4, -0.2) is 6.54 Å². The van der Waals surface area contributed by atoms with E-state index >= 15 is 0 Å². The molecule has 0 unspecified atom stereocenters. The maximum atomic E-state index is 5.87. The molecule has 1 heterocycles. The van der Waals surface area contributed by atoms with Crippen LogP contribution in [0.5, 0.6) is 5.75 Å². The van der Waals surface area contributed by atoms with E-state index in [1.807, 2.05) is 6.07 Å². The first-order chi connectivity index (χ1) is 9.69. The molecule has 0 radical (unpaired) electrons. The number of ether oxygens (including phenoxy) is 1. The van der Waals surface area contributed by atoms with Crippen LogP contribution in [0.4, 0.5) is 0 Å². The molecule has 0 aliphatic heterocycles. The molecule has 0 atom stereocenters. The topological polar surface area (TPSA) is 34.4 Å². The van der Waals surface area contributed by atoms with Gasteiger partial charge in [0.15, 0.2) is 0 Å². The molecule has 0 spiro atoms. The van der Waals surface area contributed by atoms with E-state index in [0.29, 0.717) is 6.61 Å². The highest BCUT2D eigenvalue weighted by atomic mass is 16.5. The molecular formula is C17H23NO2. The molecule has 3 heteroatoms. The molecule has 0 aliphatic carbocycles. The lowest BCUT2D eigenvalue weighted by atomic mass is 10.1. The molecule has 0 fully saturated rings. The van der Waals surface area contributed by atoms with Crippen LogP contribution in [0.3, 0.4) is 0 Å². The summed E-state index contributed by atoms with van der Waals surface area (Å²) >= 11 is 0. The first-order valence-corrected chi connectivity index (χ1v) is 7.16. The second kappa shape index (κ2) is 7.15. The predicted molar refractivity (Wildman–Crippen MR) is 81.0 cm³/mol. The van der Waals surface area contributed by atoms with E-state index in [9.17, 15) is 0 Å². The van der Waals surface area contributed by atoms with Crippen molar-refractivity contribution in [3.8, 4) is 5.75 Å². The molecule has 20 heavy (non-hydrogen) atoms.